The first-order chi connectivity index (χ1) is 9.06. The fraction of sp³-hybridized carbons (Fsp3) is 0.167. The van der Waals surface area contributed by atoms with Crippen molar-refractivity contribution in [1.29, 1.82) is 0 Å². The third kappa shape index (κ3) is 3.35. The van der Waals surface area contributed by atoms with E-state index in [0.29, 0.717) is 22.0 Å². The Morgan fingerprint density at radius 1 is 1.37 bits per heavy atom. The highest BCUT2D eigenvalue weighted by Crippen LogP contribution is 2.20. The second kappa shape index (κ2) is 5.57. The molecule has 1 heterocycles. The van der Waals surface area contributed by atoms with E-state index in [1.165, 1.54) is 6.92 Å². The Morgan fingerprint density at radius 3 is 2.79 bits per heavy atom. The van der Waals surface area contributed by atoms with Crippen molar-refractivity contribution >= 4 is 29.1 Å². The summed E-state index contributed by atoms with van der Waals surface area (Å²) in [6.45, 7) is 3.10. The molecule has 0 aliphatic carbocycles. The van der Waals surface area contributed by atoms with Crippen LogP contribution in [-0.4, -0.2) is 21.5 Å². The molecule has 0 bridgehead atoms. The Morgan fingerprint density at radius 2 is 2.16 bits per heavy atom. The summed E-state index contributed by atoms with van der Waals surface area (Å²) in [5.74, 6) is -0.345. The Hall–Kier alpha value is -2.28. The van der Waals surface area contributed by atoms with Gasteiger partial charge in [-0.3, -0.25) is 4.79 Å². The summed E-state index contributed by atoms with van der Waals surface area (Å²) in [6, 6.07) is 6.60. The second-order valence-electron chi connectivity index (χ2n) is 3.79. The number of anilines is 1. The van der Waals surface area contributed by atoms with Crippen LogP contribution in [0, 0.1) is 6.92 Å². The van der Waals surface area contributed by atoms with Crippen LogP contribution < -0.4 is 10.1 Å². The highest BCUT2D eigenvalue weighted by atomic mass is 32.1. The zero-order valence-electron chi connectivity index (χ0n) is 10.3. The topological polar surface area (TPSA) is 81.2 Å². The number of hydrogen-bond acceptors (Lipinski definition) is 6. The van der Waals surface area contributed by atoms with Crippen molar-refractivity contribution in [1.82, 2.24) is 9.59 Å². The van der Waals surface area contributed by atoms with Crippen LogP contribution in [0.1, 0.15) is 22.3 Å². The largest absolute Gasteiger partial charge is 0.422 e. The van der Waals surface area contributed by atoms with E-state index in [9.17, 15) is 9.59 Å². The Kier molecular flexibility index (Phi) is 3.86. The number of esters is 1. The van der Waals surface area contributed by atoms with Gasteiger partial charge in [-0.15, -0.1) is 5.10 Å². The van der Waals surface area contributed by atoms with Gasteiger partial charge in [0.2, 0.25) is 5.91 Å². The van der Waals surface area contributed by atoms with Gasteiger partial charge in [0.25, 0.3) is 0 Å². The van der Waals surface area contributed by atoms with Gasteiger partial charge in [0, 0.05) is 18.7 Å². The number of aromatic nitrogens is 2. The van der Waals surface area contributed by atoms with Gasteiger partial charge in [-0.2, -0.15) is 0 Å². The third-order valence-corrected chi connectivity index (χ3v) is 3.01. The van der Waals surface area contributed by atoms with E-state index in [1.54, 1.807) is 31.2 Å². The molecule has 0 saturated carbocycles. The van der Waals surface area contributed by atoms with Crippen molar-refractivity contribution in [2.24, 2.45) is 0 Å². The molecular weight excluding hydrogens is 266 g/mol. The normalized spacial score (nSPS) is 10.0. The molecule has 2 rings (SSSR count). The minimum Gasteiger partial charge on any atom is -0.422 e. The number of nitrogens with one attached hydrogen (secondary N) is 1. The zero-order chi connectivity index (χ0) is 13.8. The summed E-state index contributed by atoms with van der Waals surface area (Å²) in [5.41, 5.74) is 1.10. The number of nitrogens with zero attached hydrogens (tertiary/aromatic N) is 2. The summed E-state index contributed by atoms with van der Waals surface area (Å²) in [6.07, 6.45) is 0. The summed E-state index contributed by atoms with van der Waals surface area (Å²) in [7, 11) is 0. The first-order valence-electron chi connectivity index (χ1n) is 5.45. The maximum atomic E-state index is 11.9. The van der Waals surface area contributed by atoms with Crippen LogP contribution in [-0.2, 0) is 4.79 Å². The number of hydrogen-bond donors (Lipinski definition) is 1. The fourth-order valence-electron chi connectivity index (χ4n) is 1.41. The number of benzene rings is 1. The van der Waals surface area contributed by atoms with E-state index >= 15 is 0 Å². The summed E-state index contributed by atoms with van der Waals surface area (Å²) in [4.78, 5) is 23.2. The molecule has 0 radical (unpaired) electrons. The molecule has 0 spiro atoms. The van der Waals surface area contributed by atoms with Gasteiger partial charge >= 0.3 is 5.97 Å². The first-order valence-corrected chi connectivity index (χ1v) is 6.22. The average molecular weight is 277 g/mol. The lowest BCUT2D eigenvalue weighted by Crippen LogP contribution is -2.09. The molecule has 0 aliphatic heterocycles. The third-order valence-electron chi connectivity index (χ3n) is 2.20. The molecular formula is C12H11N3O3S. The van der Waals surface area contributed by atoms with Crippen molar-refractivity contribution in [3.05, 3.63) is 34.8 Å². The lowest BCUT2D eigenvalue weighted by atomic mass is 10.3. The molecule has 1 amide bonds. The van der Waals surface area contributed by atoms with Gasteiger partial charge in [-0.25, -0.2) is 4.79 Å². The molecule has 1 aromatic carbocycles. The predicted molar refractivity (Wildman–Crippen MR) is 70.4 cm³/mol. The average Bonchev–Trinajstić information content (AvgIpc) is 2.75. The molecule has 6 nitrogen and oxygen atoms in total. The molecule has 0 unspecified atom stereocenters. The van der Waals surface area contributed by atoms with Gasteiger partial charge in [0.1, 0.15) is 5.75 Å². The molecule has 0 saturated heterocycles. The monoisotopic (exact) mass is 277 g/mol. The molecule has 2 aromatic rings. The molecule has 98 valence electrons. The maximum absolute atomic E-state index is 11.9. The molecule has 19 heavy (non-hydrogen) atoms. The highest BCUT2D eigenvalue weighted by Gasteiger charge is 2.15. The summed E-state index contributed by atoms with van der Waals surface area (Å²) in [5, 5.41) is 6.36. The van der Waals surface area contributed by atoms with Gasteiger partial charge in [-0.1, -0.05) is 10.6 Å². The first kappa shape index (κ1) is 13.2. The van der Waals surface area contributed by atoms with Crippen LogP contribution in [0.2, 0.25) is 0 Å². The number of carbonyl (C=O) groups excluding carboxylic acids is 2. The van der Waals surface area contributed by atoms with Crippen LogP contribution in [0.5, 0.6) is 5.75 Å². The van der Waals surface area contributed by atoms with E-state index in [4.69, 9.17) is 4.74 Å². The van der Waals surface area contributed by atoms with E-state index in [2.05, 4.69) is 14.9 Å². The van der Waals surface area contributed by atoms with Crippen molar-refractivity contribution in [2.75, 3.05) is 5.32 Å². The van der Waals surface area contributed by atoms with Gasteiger partial charge in [-0.05, 0) is 30.6 Å². The van der Waals surface area contributed by atoms with Crippen molar-refractivity contribution in [3.63, 3.8) is 0 Å². The molecule has 0 fully saturated rings. The molecule has 1 aromatic heterocycles. The van der Waals surface area contributed by atoms with Crippen molar-refractivity contribution in [3.8, 4) is 5.75 Å². The number of ether oxygens (including phenoxy) is 1. The minimum atomic E-state index is -0.507. The van der Waals surface area contributed by atoms with E-state index in [0.717, 1.165) is 11.5 Å². The van der Waals surface area contributed by atoms with E-state index in [1.807, 2.05) is 0 Å². The zero-order valence-corrected chi connectivity index (χ0v) is 11.2. The molecule has 7 heteroatoms. The minimum absolute atomic E-state index is 0.189. The van der Waals surface area contributed by atoms with Crippen LogP contribution in [0.4, 0.5) is 5.69 Å². The number of aryl methyl sites for hydroxylation is 1. The quantitative estimate of drug-likeness (QED) is 0.685. The van der Waals surface area contributed by atoms with Crippen molar-refractivity contribution in [2.45, 2.75) is 13.8 Å². The highest BCUT2D eigenvalue weighted by molar-refractivity contribution is 7.07. The van der Waals surface area contributed by atoms with Crippen LogP contribution in [0.3, 0.4) is 0 Å². The SMILES string of the molecule is CC(=O)Nc1cccc(OC(=O)c2snnc2C)c1. The van der Waals surface area contributed by atoms with Gasteiger partial charge in [0.05, 0.1) is 5.69 Å². The van der Waals surface area contributed by atoms with Crippen LogP contribution >= 0.6 is 11.5 Å². The molecule has 0 aliphatic rings. The van der Waals surface area contributed by atoms with Crippen molar-refractivity contribution < 1.29 is 14.3 Å². The number of carbonyl (C=O) groups is 2. The van der Waals surface area contributed by atoms with E-state index < -0.39 is 5.97 Å². The number of amides is 1. The number of rotatable bonds is 3. The van der Waals surface area contributed by atoms with E-state index in [-0.39, 0.29) is 5.91 Å². The smallest absolute Gasteiger partial charge is 0.357 e. The fourth-order valence-corrected chi connectivity index (χ4v) is 1.95. The van der Waals surface area contributed by atoms with Crippen LogP contribution in [0.25, 0.3) is 0 Å². The maximum Gasteiger partial charge on any atom is 0.357 e. The predicted octanol–water partition coefficient (Wildman–Crippen LogP) is 2.02. The lowest BCUT2D eigenvalue weighted by molar-refractivity contribution is -0.114. The summed E-state index contributed by atoms with van der Waals surface area (Å²) < 4.78 is 8.88. The van der Waals surface area contributed by atoms with Gasteiger partial charge in [0.15, 0.2) is 4.88 Å². The standard InChI is InChI=1S/C12H11N3O3S/c1-7-11(19-15-14-7)12(17)18-10-5-3-4-9(6-10)13-8(2)16/h3-6H,1-2H3,(H,13,16). The van der Waals surface area contributed by atoms with Gasteiger partial charge < -0.3 is 10.1 Å². The Labute approximate surface area is 113 Å². The summed E-state index contributed by atoms with van der Waals surface area (Å²) >= 11 is 0.986. The second-order valence-corrected chi connectivity index (χ2v) is 4.54. The Balaban J connectivity index is 2.13. The van der Waals surface area contributed by atoms with Crippen LogP contribution in [0.15, 0.2) is 24.3 Å². The molecule has 0 atom stereocenters. The Bertz CT molecular complexity index is 624. The molecule has 1 N–H and O–H groups in total. The lowest BCUT2D eigenvalue weighted by Gasteiger charge is -2.06.